The second kappa shape index (κ2) is 7.77. The molecule has 3 aromatic rings. The standard InChI is InChI=1S/C20H21F2N5O2S/c1-13-8-14(5-6-16(13)21)25-18-10-27(30(28,29)19-11-26(2)12-24-19)9-15(18)20-17(22)4-3-7-23-20/h3-8,11-12,15,18,25H,9-10H2,1-2H3. The number of sulfonamides is 1. The summed E-state index contributed by atoms with van der Waals surface area (Å²) in [5.41, 5.74) is 1.27. The second-order valence-corrected chi connectivity index (χ2v) is 9.28. The Balaban J connectivity index is 1.68. The molecule has 2 atom stereocenters. The number of nitrogens with one attached hydrogen (secondary N) is 1. The summed E-state index contributed by atoms with van der Waals surface area (Å²) in [5.74, 6) is -1.37. The molecule has 7 nitrogen and oxygen atoms in total. The SMILES string of the molecule is Cc1cc(NC2CN(S(=O)(=O)c3cn(C)cn3)CC2c2ncccc2F)ccc1F. The normalized spacial score (nSPS) is 19.9. The van der Waals surface area contributed by atoms with Crippen LogP contribution in [0.2, 0.25) is 0 Å². The highest BCUT2D eigenvalue weighted by Crippen LogP contribution is 2.33. The molecule has 1 N–H and O–H groups in total. The van der Waals surface area contributed by atoms with Gasteiger partial charge >= 0.3 is 0 Å². The third kappa shape index (κ3) is 3.80. The summed E-state index contributed by atoms with van der Waals surface area (Å²) >= 11 is 0. The van der Waals surface area contributed by atoms with Crippen molar-refractivity contribution in [1.29, 1.82) is 0 Å². The highest BCUT2D eigenvalue weighted by Gasteiger charge is 2.42. The van der Waals surface area contributed by atoms with Crippen molar-refractivity contribution in [3.05, 3.63) is 71.9 Å². The third-order valence-electron chi connectivity index (χ3n) is 5.22. The molecule has 1 fully saturated rings. The van der Waals surface area contributed by atoms with Gasteiger partial charge in [-0.3, -0.25) is 4.98 Å². The molecule has 2 aromatic heterocycles. The first kappa shape index (κ1) is 20.4. The van der Waals surface area contributed by atoms with Crippen LogP contribution in [0.3, 0.4) is 0 Å². The van der Waals surface area contributed by atoms with Gasteiger partial charge in [-0.05, 0) is 42.8 Å². The van der Waals surface area contributed by atoms with Gasteiger partial charge in [-0.25, -0.2) is 22.2 Å². The van der Waals surface area contributed by atoms with Crippen molar-refractivity contribution in [2.45, 2.75) is 23.9 Å². The van der Waals surface area contributed by atoms with E-state index in [0.717, 1.165) is 0 Å². The van der Waals surface area contributed by atoms with Crippen LogP contribution in [0.1, 0.15) is 17.2 Å². The summed E-state index contributed by atoms with van der Waals surface area (Å²) in [6.07, 6.45) is 4.32. The zero-order chi connectivity index (χ0) is 21.5. The zero-order valence-electron chi connectivity index (χ0n) is 16.5. The maximum Gasteiger partial charge on any atom is 0.262 e. The summed E-state index contributed by atoms with van der Waals surface area (Å²) < 4.78 is 57.1. The van der Waals surface area contributed by atoms with Crippen LogP contribution in [0, 0.1) is 18.6 Å². The Morgan fingerprint density at radius 3 is 2.60 bits per heavy atom. The first-order chi connectivity index (χ1) is 14.3. The summed E-state index contributed by atoms with van der Waals surface area (Å²) in [6.45, 7) is 1.78. The van der Waals surface area contributed by atoms with Crippen molar-refractivity contribution in [1.82, 2.24) is 18.8 Å². The molecule has 2 unspecified atom stereocenters. The summed E-state index contributed by atoms with van der Waals surface area (Å²) in [6, 6.07) is 6.88. The highest BCUT2D eigenvalue weighted by atomic mass is 32.2. The molecule has 0 aliphatic carbocycles. The summed E-state index contributed by atoms with van der Waals surface area (Å²) in [7, 11) is -2.18. The molecule has 10 heteroatoms. The van der Waals surface area contributed by atoms with Crippen LogP contribution >= 0.6 is 0 Å². The smallest absolute Gasteiger partial charge is 0.262 e. The maximum atomic E-state index is 14.5. The topological polar surface area (TPSA) is 80.1 Å². The third-order valence-corrected chi connectivity index (χ3v) is 6.94. The minimum atomic E-state index is -3.86. The predicted molar refractivity (Wildman–Crippen MR) is 107 cm³/mol. The molecule has 30 heavy (non-hydrogen) atoms. The number of imidazole rings is 1. The highest BCUT2D eigenvalue weighted by molar-refractivity contribution is 7.89. The Morgan fingerprint density at radius 2 is 1.93 bits per heavy atom. The van der Waals surface area contributed by atoms with Gasteiger partial charge in [0.05, 0.1) is 12.0 Å². The lowest BCUT2D eigenvalue weighted by Crippen LogP contribution is -2.32. The van der Waals surface area contributed by atoms with E-state index in [9.17, 15) is 17.2 Å². The molecular weight excluding hydrogens is 412 g/mol. The fourth-order valence-corrected chi connectivity index (χ4v) is 5.12. The van der Waals surface area contributed by atoms with E-state index in [2.05, 4.69) is 15.3 Å². The van der Waals surface area contributed by atoms with E-state index in [1.165, 1.54) is 41.2 Å². The van der Waals surface area contributed by atoms with Gasteiger partial charge in [-0.15, -0.1) is 0 Å². The monoisotopic (exact) mass is 433 g/mol. The number of nitrogens with zero attached hydrogens (tertiary/aromatic N) is 4. The Morgan fingerprint density at radius 1 is 1.13 bits per heavy atom. The van der Waals surface area contributed by atoms with Gasteiger partial charge in [0.2, 0.25) is 0 Å². The van der Waals surface area contributed by atoms with E-state index in [-0.39, 0.29) is 29.6 Å². The van der Waals surface area contributed by atoms with Crippen LogP contribution < -0.4 is 5.32 Å². The number of hydrogen-bond acceptors (Lipinski definition) is 5. The molecule has 158 valence electrons. The van der Waals surface area contributed by atoms with Gasteiger partial charge < -0.3 is 9.88 Å². The Bertz CT molecular complexity index is 1180. The second-order valence-electron chi connectivity index (χ2n) is 7.39. The van der Waals surface area contributed by atoms with Crippen LogP contribution in [-0.2, 0) is 17.1 Å². The van der Waals surface area contributed by atoms with Crippen LogP contribution in [0.4, 0.5) is 14.5 Å². The van der Waals surface area contributed by atoms with Crippen LogP contribution in [0.25, 0.3) is 0 Å². The molecule has 0 radical (unpaired) electrons. The van der Waals surface area contributed by atoms with Gasteiger partial charge in [0.1, 0.15) is 11.6 Å². The molecule has 1 saturated heterocycles. The lowest BCUT2D eigenvalue weighted by Gasteiger charge is -2.21. The Hall–Kier alpha value is -2.85. The largest absolute Gasteiger partial charge is 0.380 e. The molecule has 4 rings (SSSR count). The fourth-order valence-electron chi connectivity index (χ4n) is 3.66. The molecule has 1 aliphatic rings. The van der Waals surface area contributed by atoms with Crippen molar-refractivity contribution in [2.75, 3.05) is 18.4 Å². The molecule has 0 bridgehead atoms. The Kier molecular flexibility index (Phi) is 5.29. The molecule has 0 spiro atoms. The van der Waals surface area contributed by atoms with Gasteiger partial charge in [0.25, 0.3) is 10.0 Å². The number of benzene rings is 1. The van der Waals surface area contributed by atoms with Crippen LogP contribution in [0.5, 0.6) is 0 Å². The lowest BCUT2D eigenvalue weighted by molar-refractivity contribution is 0.466. The van der Waals surface area contributed by atoms with Crippen molar-refractivity contribution in [3.8, 4) is 0 Å². The van der Waals surface area contributed by atoms with Crippen LogP contribution in [-0.4, -0.2) is 46.4 Å². The zero-order valence-corrected chi connectivity index (χ0v) is 17.3. The molecule has 0 saturated carbocycles. The van der Waals surface area contributed by atoms with E-state index in [1.807, 2.05) is 0 Å². The molecular formula is C20H21F2N5O2S. The summed E-state index contributed by atoms with van der Waals surface area (Å²) in [5, 5.41) is 3.17. The molecule has 3 heterocycles. The quantitative estimate of drug-likeness (QED) is 0.669. The first-order valence-electron chi connectivity index (χ1n) is 9.37. The van der Waals surface area contributed by atoms with Gasteiger partial charge in [-0.1, -0.05) is 0 Å². The van der Waals surface area contributed by atoms with Gasteiger partial charge in [0.15, 0.2) is 5.03 Å². The van der Waals surface area contributed by atoms with E-state index < -0.39 is 27.8 Å². The number of hydrogen-bond donors (Lipinski definition) is 1. The van der Waals surface area contributed by atoms with E-state index >= 15 is 0 Å². The average Bonchev–Trinajstić information content (AvgIpc) is 3.32. The number of rotatable bonds is 5. The van der Waals surface area contributed by atoms with E-state index in [0.29, 0.717) is 11.3 Å². The maximum absolute atomic E-state index is 14.5. The average molecular weight is 433 g/mol. The van der Waals surface area contributed by atoms with Gasteiger partial charge in [0, 0.05) is 50.2 Å². The van der Waals surface area contributed by atoms with Crippen molar-refractivity contribution in [2.24, 2.45) is 7.05 Å². The van der Waals surface area contributed by atoms with Crippen molar-refractivity contribution >= 4 is 15.7 Å². The summed E-state index contributed by atoms with van der Waals surface area (Å²) in [4.78, 5) is 8.12. The molecule has 1 aromatic carbocycles. The fraction of sp³-hybridized carbons (Fsp3) is 0.300. The Labute approximate surface area is 173 Å². The van der Waals surface area contributed by atoms with Crippen molar-refractivity contribution in [3.63, 3.8) is 0 Å². The predicted octanol–water partition coefficient (Wildman–Crippen LogP) is 2.67. The number of aryl methyl sites for hydroxylation is 2. The van der Waals surface area contributed by atoms with Crippen LogP contribution in [0.15, 0.2) is 54.1 Å². The number of pyridine rings is 1. The number of anilines is 1. The molecule has 1 aliphatic heterocycles. The van der Waals surface area contributed by atoms with E-state index in [4.69, 9.17) is 0 Å². The lowest BCUT2D eigenvalue weighted by atomic mass is 9.98. The minimum Gasteiger partial charge on any atom is -0.380 e. The number of halogens is 2. The van der Waals surface area contributed by atoms with Crippen molar-refractivity contribution < 1.29 is 17.2 Å². The van der Waals surface area contributed by atoms with E-state index in [1.54, 1.807) is 30.7 Å². The minimum absolute atomic E-state index is 0.0463. The number of aromatic nitrogens is 3. The first-order valence-corrected chi connectivity index (χ1v) is 10.8. The van der Waals surface area contributed by atoms with Gasteiger partial charge in [-0.2, -0.15) is 4.31 Å². The molecule has 0 amide bonds.